The Bertz CT molecular complexity index is 654. The van der Waals surface area contributed by atoms with Crippen LogP contribution in [0.2, 0.25) is 0 Å². The zero-order valence-corrected chi connectivity index (χ0v) is 12.0. The molecule has 2 nitrogen and oxygen atoms in total. The van der Waals surface area contributed by atoms with Crippen molar-refractivity contribution in [3.63, 3.8) is 0 Å². The van der Waals surface area contributed by atoms with E-state index in [1.165, 1.54) is 20.8 Å². The SMILES string of the molecule is CN(C)c1cn(Sc2cccs2)c2ccccc12. The number of thiophene rings is 1. The van der Waals surface area contributed by atoms with Gasteiger partial charge in [-0.1, -0.05) is 24.3 Å². The number of benzene rings is 1. The van der Waals surface area contributed by atoms with Gasteiger partial charge in [-0.2, -0.15) is 0 Å². The first kappa shape index (κ1) is 11.7. The summed E-state index contributed by atoms with van der Waals surface area (Å²) in [6.45, 7) is 0. The highest BCUT2D eigenvalue weighted by Crippen LogP contribution is 2.34. The molecule has 0 bridgehead atoms. The third-order valence-electron chi connectivity index (χ3n) is 2.82. The molecule has 4 heteroatoms. The summed E-state index contributed by atoms with van der Waals surface area (Å²) in [5.74, 6) is 0. The summed E-state index contributed by atoms with van der Waals surface area (Å²) in [5.41, 5.74) is 2.52. The maximum Gasteiger partial charge on any atom is 0.0813 e. The van der Waals surface area contributed by atoms with Gasteiger partial charge < -0.3 is 4.90 Å². The van der Waals surface area contributed by atoms with E-state index in [-0.39, 0.29) is 0 Å². The first-order valence-corrected chi connectivity index (χ1v) is 7.40. The molecule has 0 radical (unpaired) electrons. The molecule has 0 aliphatic rings. The maximum absolute atomic E-state index is 2.25. The number of hydrogen-bond donors (Lipinski definition) is 0. The molecule has 2 aromatic heterocycles. The molecule has 3 aromatic rings. The van der Waals surface area contributed by atoms with Crippen molar-refractivity contribution in [2.75, 3.05) is 19.0 Å². The van der Waals surface area contributed by atoms with Gasteiger partial charge in [-0.15, -0.1) is 11.3 Å². The fourth-order valence-electron chi connectivity index (χ4n) is 1.98. The van der Waals surface area contributed by atoms with Crippen LogP contribution in [0.5, 0.6) is 0 Å². The normalized spacial score (nSPS) is 11.0. The summed E-state index contributed by atoms with van der Waals surface area (Å²) >= 11 is 3.54. The molecule has 0 unspecified atom stereocenters. The molecule has 0 N–H and O–H groups in total. The molecule has 0 fully saturated rings. The predicted molar refractivity (Wildman–Crippen MR) is 81.8 cm³/mol. The van der Waals surface area contributed by atoms with Crippen LogP contribution in [0.4, 0.5) is 5.69 Å². The molecule has 92 valence electrons. The van der Waals surface area contributed by atoms with Crippen molar-refractivity contribution < 1.29 is 0 Å². The van der Waals surface area contributed by atoms with Crippen molar-refractivity contribution in [2.45, 2.75) is 4.21 Å². The lowest BCUT2D eigenvalue weighted by atomic mass is 10.2. The minimum atomic E-state index is 1.26. The van der Waals surface area contributed by atoms with Crippen molar-refractivity contribution in [3.05, 3.63) is 48.0 Å². The average Bonchev–Trinajstić information content (AvgIpc) is 2.98. The van der Waals surface area contributed by atoms with Gasteiger partial charge in [-0.25, -0.2) is 0 Å². The van der Waals surface area contributed by atoms with Crippen LogP contribution in [0.15, 0.2) is 52.2 Å². The minimum absolute atomic E-state index is 1.26. The van der Waals surface area contributed by atoms with Crippen molar-refractivity contribution in [1.29, 1.82) is 0 Å². The number of fused-ring (bicyclic) bond motifs is 1. The van der Waals surface area contributed by atoms with Crippen LogP contribution < -0.4 is 4.90 Å². The lowest BCUT2D eigenvalue weighted by molar-refractivity contribution is 1.13. The van der Waals surface area contributed by atoms with Gasteiger partial charge in [0.1, 0.15) is 0 Å². The van der Waals surface area contributed by atoms with Gasteiger partial charge in [0.2, 0.25) is 0 Å². The molecule has 0 amide bonds. The average molecular weight is 274 g/mol. The van der Waals surface area contributed by atoms with Crippen LogP contribution in [0, 0.1) is 0 Å². The van der Waals surface area contributed by atoms with Gasteiger partial charge in [-0.3, -0.25) is 3.97 Å². The highest BCUT2D eigenvalue weighted by atomic mass is 32.2. The zero-order chi connectivity index (χ0) is 12.5. The Morgan fingerprint density at radius 2 is 1.94 bits per heavy atom. The third-order valence-corrected chi connectivity index (χ3v) is 4.81. The number of anilines is 1. The summed E-state index contributed by atoms with van der Waals surface area (Å²) < 4.78 is 3.55. The fraction of sp³-hybridized carbons (Fsp3) is 0.143. The second-order valence-electron chi connectivity index (χ2n) is 4.28. The van der Waals surface area contributed by atoms with E-state index < -0.39 is 0 Å². The molecule has 0 spiro atoms. The smallest absolute Gasteiger partial charge is 0.0813 e. The molecule has 0 saturated carbocycles. The van der Waals surface area contributed by atoms with Gasteiger partial charge in [0.15, 0.2) is 0 Å². The highest BCUT2D eigenvalue weighted by molar-refractivity contribution is 7.99. The molecule has 0 atom stereocenters. The van der Waals surface area contributed by atoms with E-state index in [2.05, 4.69) is 70.9 Å². The number of hydrogen-bond acceptors (Lipinski definition) is 3. The van der Waals surface area contributed by atoms with Crippen molar-refractivity contribution in [2.24, 2.45) is 0 Å². The molecule has 0 saturated heterocycles. The quantitative estimate of drug-likeness (QED) is 0.702. The van der Waals surface area contributed by atoms with Crippen LogP contribution in [0.3, 0.4) is 0 Å². The second-order valence-corrected chi connectivity index (χ2v) is 6.50. The topological polar surface area (TPSA) is 8.17 Å². The Morgan fingerprint density at radius 1 is 1.11 bits per heavy atom. The molecule has 18 heavy (non-hydrogen) atoms. The number of nitrogens with zero attached hydrogens (tertiary/aromatic N) is 2. The highest BCUT2D eigenvalue weighted by Gasteiger charge is 2.10. The summed E-state index contributed by atoms with van der Waals surface area (Å²) in [7, 11) is 4.17. The number of rotatable bonds is 3. The maximum atomic E-state index is 2.25. The van der Waals surface area contributed by atoms with E-state index in [9.17, 15) is 0 Å². The van der Waals surface area contributed by atoms with Gasteiger partial charge in [0.25, 0.3) is 0 Å². The fourth-order valence-corrected chi connectivity index (χ4v) is 3.75. The van der Waals surface area contributed by atoms with Gasteiger partial charge in [0.05, 0.1) is 15.4 Å². The Morgan fingerprint density at radius 3 is 2.67 bits per heavy atom. The van der Waals surface area contributed by atoms with Crippen molar-refractivity contribution in [1.82, 2.24) is 3.97 Å². The number of aromatic nitrogens is 1. The van der Waals surface area contributed by atoms with Crippen LogP contribution >= 0.6 is 23.3 Å². The van der Waals surface area contributed by atoms with E-state index in [0.717, 1.165) is 0 Å². The van der Waals surface area contributed by atoms with Gasteiger partial charge >= 0.3 is 0 Å². The predicted octanol–water partition coefficient (Wildman–Crippen LogP) is 4.32. The lowest BCUT2D eigenvalue weighted by Gasteiger charge is -2.09. The molecule has 2 heterocycles. The van der Waals surface area contributed by atoms with Crippen LogP contribution in [-0.4, -0.2) is 18.1 Å². The molecule has 3 rings (SSSR count). The zero-order valence-electron chi connectivity index (χ0n) is 10.3. The van der Waals surface area contributed by atoms with Crippen molar-refractivity contribution in [3.8, 4) is 0 Å². The second kappa shape index (κ2) is 4.71. The Labute approximate surface area is 115 Å². The van der Waals surface area contributed by atoms with E-state index in [0.29, 0.717) is 0 Å². The van der Waals surface area contributed by atoms with E-state index in [4.69, 9.17) is 0 Å². The third kappa shape index (κ3) is 2.02. The summed E-state index contributed by atoms with van der Waals surface area (Å²) in [5, 5.41) is 3.41. The largest absolute Gasteiger partial charge is 0.376 e. The Kier molecular flexibility index (Phi) is 3.06. The van der Waals surface area contributed by atoms with Gasteiger partial charge in [0, 0.05) is 37.6 Å². The van der Waals surface area contributed by atoms with Gasteiger partial charge in [-0.05, 0) is 17.5 Å². The lowest BCUT2D eigenvalue weighted by Crippen LogP contribution is -2.07. The monoisotopic (exact) mass is 274 g/mol. The molecule has 0 aliphatic carbocycles. The standard InChI is InChI=1S/C14H14N2S2/c1-15(2)13-10-16(18-14-8-5-9-17-14)12-7-4-3-6-11(12)13/h3-10H,1-2H3. The summed E-state index contributed by atoms with van der Waals surface area (Å²) in [6, 6.07) is 12.8. The van der Waals surface area contributed by atoms with Crippen LogP contribution in [0.25, 0.3) is 10.9 Å². The molecular formula is C14H14N2S2. The van der Waals surface area contributed by atoms with E-state index in [1.54, 1.807) is 23.3 Å². The molecular weight excluding hydrogens is 260 g/mol. The Hall–Kier alpha value is -1.39. The Balaban J connectivity index is 2.11. The van der Waals surface area contributed by atoms with Crippen LogP contribution in [-0.2, 0) is 0 Å². The van der Waals surface area contributed by atoms with Crippen LogP contribution in [0.1, 0.15) is 0 Å². The van der Waals surface area contributed by atoms with Crippen molar-refractivity contribution >= 4 is 39.9 Å². The summed E-state index contributed by atoms with van der Waals surface area (Å²) in [6.07, 6.45) is 2.20. The van der Waals surface area contributed by atoms with E-state index in [1.807, 2.05) is 0 Å². The molecule has 1 aromatic carbocycles. The summed E-state index contributed by atoms with van der Waals surface area (Å²) in [4.78, 5) is 2.16. The molecule has 0 aliphatic heterocycles. The first-order valence-electron chi connectivity index (χ1n) is 5.75. The van der Waals surface area contributed by atoms with E-state index >= 15 is 0 Å². The first-order chi connectivity index (χ1) is 8.75. The minimum Gasteiger partial charge on any atom is -0.376 e. The number of para-hydroxylation sites is 1.